The molecule has 2 aromatic carbocycles. The molecular formula is C15H8BrCl2NO. The number of Topliss-reactive ketones (excluding diaryl/α,β-unsaturated/α-hetero) is 1. The standard InChI is InChI=1S/C15H8BrCl2NO/c16-10-3-1-9(2-4-10)13(8-19)15(20)12-7-11(17)5-6-14(12)18/h1-7,13H. The average Bonchev–Trinajstić information content (AvgIpc) is 2.44. The lowest BCUT2D eigenvalue weighted by Crippen LogP contribution is -2.11. The van der Waals surface area contributed by atoms with Crippen LogP contribution in [0.1, 0.15) is 21.8 Å². The zero-order valence-electron chi connectivity index (χ0n) is 10.1. The Morgan fingerprint density at radius 2 is 1.80 bits per heavy atom. The second kappa shape index (κ2) is 6.41. The van der Waals surface area contributed by atoms with E-state index in [2.05, 4.69) is 15.9 Å². The molecule has 0 N–H and O–H groups in total. The lowest BCUT2D eigenvalue weighted by Gasteiger charge is -2.10. The van der Waals surface area contributed by atoms with E-state index < -0.39 is 5.92 Å². The molecule has 20 heavy (non-hydrogen) atoms. The van der Waals surface area contributed by atoms with E-state index in [9.17, 15) is 10.1 Å². The van der Waals surface area contributed by atoms with Gasteiger partial charge in [-0.15, -0.1) is 0 Å². The highest BCUT2D eigenvalue weighted by Gasteiger charge is 2.23. The summed E-state index contributed by atoms with van der Waals surface area (Å²) >= 11 is 15.2. The van der Waals surface area contributed by atoms with Gasteiger partial charge in [0.15, 0.2) is 5.78 Å². The minimum Gasteiger partial charge on any atom is -0.292 e. The molecule has 0 saturated heterocycles. The number of nitrogens with zero attached hydrogens (tertiary/aromatic N) is 1. The average molecular weight is 369 g/mol. The zero-order valence-corrected chi connectivity index (χ0v) is 13.2. The smallest absolute Gasteiger partial charge is 0.185 e. The molecule has 0 bridgehead atoms. The molecule has 1 unspecified atom stereocenters. The van der Waals surface area contributed by atoms with E-state index in [1.54, 1.807) is 36.4 Å². The van der Waals surface area contributed by atoms with E-state index in [4.69, 9.17) is 23.2 Å². The molecule has 2 aromatic rings. The number of carbonyl (C=O) groups is 1. The molecule has 0 fully saturated rings. The summed E-state index contributed by atoms with van der Waals surface area (Å²) in [6.07, 6.45) is 0. The molecule has 0 radical (unpaired) electrons. The largest absolute Gasteiger partial charge is 0.292 e. The predicted octanol–water partition coefficient (Wildman–Crippen LogP) is 5.25. The van der Waals surface area contributed by atoms with Crippen LogP contribution in [0.4, 0.5) is 0 Å². The maximum atomic E-state index is 12.5. The van der Waals surface area contributed by atoms with Crippen molar-refractivity contribution >= 4 is 44.9 Å². The number of ketones is 1. The van der Waals surface area contributed by atoms with Gasteiger partial charge in [0.25, 0.3) is 0 Å². The molecule has 0 aliphatic rings. The van der Waals surface area contributed by atoms with Gasteiger partial charge in [0.2, 0.25) is 0 Å². The van der Waals surface area contributed by atoms with Gasteiger partial charge in [-0.2, -0.15) is 5.26 Å². The Hall–Kier alpha value is -1.34. The van der Waals surface area contributed by atoms with Crippen molar-refractivity contribution < 1.29 is 4.79 Å². The van der Waals surface area contributed by atoms with Gasteiger partial charge in [0.05, 0.1) is 11.1 Å². The molecule has 2 rings (SSSR count). The van der Waals surface area contributed by atoms with Crippen LogP contribution in [0, 0.1) is 11.3 Å². The maximum absolute atomic E-state index is 12.5. The molecule has 0 saturated carbocycles. The van der Waals surface area contributed by atoms with Crippen molar-refractivity contribution in [3.8, 4) is 6.07 Å². The number of rotatable bonds is 3. The highest BCUT2D eigenvalue weighted by atomic mass is 79.9. The lowest BCUT2D eigenvalue weighted by molar-refractivity contribution is 0.0979. The third-order valence-electron chi connectivity index (χ3n) is 2.79. The molecule has 0 amide bonds. The van der Waals surface area contributed by atoms with Crippen molar-refractivity contribution in [1.29, 1.82) is 5.26 Å². The maximum Gasteiger partial charge on any atom is 0.185 e. The van der Waals surface area contributed by atoms with E-state index in [0.29, 0.717) is 10.6 Å². The second-order valence-electron chi connectivity index (χ2n) is 4.10. The van der Waals surface area contributed by atoms with Crippen LogP contribution in [0.25, 0.3) is 0 Å². The Bertz CT molecular complexity index is 692. The Balaban J connectivity index is 2.42. The van der Waals surface area contributed by atoms with Crippen LogP contribution in [0.15, 0.2) is 46.9 Å². The summed E-state index contributed by atoms with van der Waals surface area (Å²) < 4.78 is 0.881. The third-order valence-corrected chi connectivity index (χ3v) is 3.88. The number of hydrogen-bond acceptors (Lipinski definition) is 2. The highest BCUT2D eigenvalue weighted by molar-refractivity contribution is 9.10. The molecule has 100 valence electrons. The number of carbonyl (C=O) groups excluding carboxylic acids is 1. The molecule has 5 heteroatoms. The second-order valence-corrected chi connectivity index (χ2v) is 5.86. The molecule has 0 aliphatic carbocycles. The molecule has 0 spiro atoms. The molecule has 2 nitrogen and oxygen atoms in total. The fourth-order valence-corrected chi connectivity index (χ4v) is 2.43. The van der Waals surface area contributed by atoms with Crippen molar-refractivity contribution in [2.75, 3.05) is 0 Å². The SMILES string of the molecule is N#CC(C(=O)c1cc(Cl)ccc1Cl)c1ccc(Br)cc1. The van der Waals surface area contributed by atoms with Crippen LogP contribution in [0.2, 0.25) is 10.0 Å². The molecule has 0 aromatic heterocycles. The Morgan fingerprint density at radius 1 is 1.15 bits per heavy atom. The first kappa shape index (κ1) is 15.1. The molecule has 0 aliphatic heterocycles. The van der Waals surface area contributed by atoms with E-state index in [1.807, 2.05) is 6.07 Å². The van der Waals surface area contributed by atoms with Crippen LogP contribution < -0.4 is 0 Å². The number of halogens is 3. The molecular weight excluding hydrogens is 361 g/mol. The predicted molar refractivity (Wildman–Crippen MR) is 83.3 cm³/mol. The minimum absolute atomic E-state index is 0.258. The first-order chi connectivity index (χ1) is 9.52. The summed E-state index contributed by atoms with van der Waals surface area (Å²) in [4.78, 5) is 12.5. The quantitative estimate of drug-likeness (QED) is 0.694. The van der Waals surface area contributed by atoms with E-state index in [1.165, 1.54) is 6.07 Å². The highest BCUT2D eigenvalue weighted by Crippen LogP contribution is 2.28. The summed E-state index contributed by atoms with van der Waals surface area (Å²) in [6, 6.07) is 13.7. The number of hydrogen-bond donors (Lipinski definition) is 0. The fraction of sp³-hybridized carbons (Fsp3) is 0.0667. The van der Waals surface area contributed by atoms with Crippen molar-refractivity contribution in [2.24, 2.45) is 0 Å². The van der Waals surface area contributed by atoms with Crippen LogP contribution in [0.5, 0.6) is 0 Å². The van der Waals surface area contributed by atoms with Gasteiger partial charge in [-0.3, -0.25) is 4.79 Å². The van der Waals surface area contributed by atoms with Crippen LogP contribution in [0.3, 0.4) is 0 Å². The third kappa shape index (κ3) is 3.21. The zero-order chi connectivity index (χ0) is 14.7. The van der Waals surface area contributed by atoms with Crippen molar-refractivity contribution in [3.63, 3.8) is 0 Å². The van der Waals surface area contributed by atoms with Crippen molar-refractivity contribution in [1.82, 2.24) is 0 Å². The molecule has 1 atom stereocenters. The summed E-state index contributed by atoms with van der Waals surface area (Å²) in [6.45, 7) is 0. The van der Waals surface area contributed by atoms with E-state index in [-0.39, 0.29) is 16.4 Å². The summed E-state index contributed by atoms with van der Waals surface area (Å²) in [5.74, 6) is -1.26. The van der Waals surface area contributed by atoms with Crippen molar-refractivity contribution in [3.05, 3.63) is 68.1 Å². The normalized spacial score (nSPS) is 11.7. The topological polar surface area (TPSA) is 40.9 Å². The summed E-state index contributed by atoms with van der Waals surface area (Å²) in [7, 11) is 0. The van der Waals surface area contributed by atoms with Gasteiger partial charge in [0.1, 0.15) is 5.92 Å². The van der Waals surface area contributed by atoms with Crippen LogP contribution in [-0.2, 0) is 0 Å². The van der Waals surface area contributed by atoms with Gasteiger partial charge in [-0.1, -0.05) is 51.3 Å². The fourth-order valence-electron chi connectivity index (χ4n) is 1.78. The Labute approximate surface area is 135 Å². The minimum atomic E-state index is -0.904. The van der Waals surface area contributed by atoms with Crippen LogP contribution in [-0.4, -0.2) is 5.78 Å². The number of nitriles is 1. The first-order valence-electron chi connectivity index (χ1n) is 5.67. The first-order valence-corrected chi connectivity index (χ1v) is 7.22. The van der Waals surface area contributed by atoms with E-state index in [0.717, 1.165) is 4.47 Å². The summed E-state index contributed by atoms with van der Waals surface area (Å²) in [5, 5.41) is 9.98. The van der Waals surface area contributed by atoms with Gasteiger partial charge >= 0.3 is 0 Å². The van der Waals surface area contributed by atoms with Gasteiger partial charge in [0, 0.05) is 15.1 Å². The van der Waals surface area contributed by atoms with Crippen molar-refractivity contribution in [2.45, 2.75) is 5.92 Å². The lowest BCUT2D eigenvalue weighted by atomic mass is 9.92. The number of benzene rings is 2. The van der Waals surface area contributed by atoms with Gasteiger partial charge < -0.3 is 0 Å². The Morgan fingerprint density at radius 3 is 2.40 bits per heavy atom. The van der Waals surface area contributed by atoms with Gasteiger partial charge in [-0.05, 0) is 35.9 Å². The molecule has 0 heterocycles. The summed E-state index contributed by atoms with van der Waals surface area (Å²) in [5.41, 5.74) is 0.880. The van der Waals surface area contributed by atoms with E-state index >= 15 is 0 Å². The monoisotopic (exact) mass is 367 g/mol. The Kier molecular flexibility index (Phi) is 4.82. The van der Waals surface area contributed by atoms with Crippen LogP contribution >= 0.6 is 39.1 Å². The van der Waals surface area contributed by atoms with Gasteiger partial charge in [-0.25, -0.2) is 0 Å².